The number of hydrogen-bond donors (Lipinski definition) is 1. The van der Waals surface area contributed by atoms with E-state index in [1.54, 1.807) is 7.05 Å². The summed E-state index contributed by atoms with van der Waals surface area (Å²) in [6.45, 7) is 2.71. The second-order valence-electron chi connectivity index (χ2n) is 4.68. The van der Waals surface area contributed by atoms with Crippen molar-refractivity contribution in [3.8, 4) is 0 Å². The standard InChI is InChI=1S/C11H17N3O2S/c1-8-5-9(8)7-14(2)17(15,16)10-3-4-13-11(12)6-10/h3-4,6,8-9H,5,7H2,1-2H3,(H2,12,13). The van der Waals surface area contributed by atoms with E-state index in [4.69, 9.17) is 5.73 Å². The van der Waals surface area contributed by atoms with Gasteiger partial charge in [-0.1, -0.05) is 6.92 Å². The highest BCUT2D eigenvalue weighted by Gasteiger charge is 2.36. The van der Waals surface area contributed by atoms with Gasteiger partial charge >= 0.3 is 0 Å². The predicted octanol–water partition coefficient (Wildman–Crippen LogP) is 0.940. The van der Waals surface area contributed by atoms with Gasteiger partial charge in [0.25, 0.3) is 0 Å². The first-order valence-electron chi connectivity index (χ1n) is 5.59. The molecule has 1 saturated carbocycles. The summed E-state index contributed by atoms with van der Waals surface area (Å²) in [5.41, 5.74) is 5.50. The van der Waals surface area contributed by atoms with Gasteiger partial charge < -0.3 is 5.73 Å². The van der Waals surface area contributed by atoms with Crippen LogP contribution in [0.2, 0.25) is 0 Å². The van der Waals surface area contributed by atoms with Crippen LogP contribution in [0, 0.1) is 11.8 Å². The molecule has 1 fully saturated rings. The van der Waals surface area contributed by atoms with Crippen LogP contribution in [-0.2, 0) is 10.0 Å². The number of anilines is 1. The summed E-state index contributed by atoms with van der Waals surface area (Å²) in [7, 11) is -1.82. The minimum absolute atomic E-state index is 0.209. The molecule has 0 saturated heterocycles. The van der Waals surface area contributed by atoms with E-state index in [2.05, 4.69) is 11.9 Å². The van der Waals surface area contributed by atoms with Gasteiger partial charge in [0.1, 0.15) is 5.82 Å². The lowest BCUT2D eigenvalue weighted by Crippen LogP contribution is -2.29. The second-order valence-corrected chi connectivity index (χ2v) is 6.72. The Morgan fingerprint density at radius 2 is 2.24 bits per heavy atom. The topological polar surface area (TPSA) is 76.3 Å². The Bertz CT molecular complexity index is 515. The van der Waals surface area contributed by atoms with Crippen LogP contribution in [0.5, 0.6) is 0 Å². The van der Waals surface area contributed by atoms with Gasteiger partial charge in [-0.2, -0.15) is 0 Å². The van der Waals surface area contributed by atoms with Crippen molar-refractivity contribution in [2.45, 2.75) is 18.2 Å². The van der Waals surface area contributed by atoms with E-state index in [9.17, 15) is 8.42 Å². The molecule has 6 heteroatoms. The minimum Gasteiger partial charge on any atom is -0.384 e. The Kier molecular flexibility index (Phi) is 3.09. The molecule has 1 aromatic heterocycles. The maximum absolute atomic E-state index is 12.2. The second kappa shape index (κ2) is 4.27. The van der Waals surface area contributed by atoms with Gasteiger partial charge in [0.2, 0.25) is 10.0 Å². The number of rotatable bonds is 4. The summed E-state index contributed by atoms with van der Waals surface area (Å²) in [4.78, 5) is 4.00. The molecule has 17 heavy (non-hydrogen) atoms. The normalized spacial score (nSPS) is 23.9. The lowest BCUT2D eigenvalue weighted by atomic mass is 10.3. The number of nitrogen functional groups attached to an aromatic ring is 1. The monoisotopic (exact) mass is 255 g/mol. The van der Waals surface area contributed by atoms with Crippen molar-refractivity contribution in [1.29, 1.82) is 0 Å². The van der Waals surface area contributed by atoms with Crippen LogP contribution in [0.25, 0.3) is 0 Å². The van der Waals surface area contributed by atoms with Gasteiger partial charge in [-0.25, -0.2) is 17.7 Å². The summed E-state index contributed by atoms with van der Waals surface area (Å²) in [5.74, 6) is 1.35. The van der Waals surface area contributed by atoms with E-state index in [1.165, 1.54) is 22.6 Å². The van der Waals surface area contributed by atoms with E-state index >= 15 is 0 Å². The smallest absolute Gasteiger partial charge is 0.243 e. The van der Waals surface area contributed by atoms with Crippen molar-refractivity contribution in [3.05, 3.63) is 18.3 Å². The maximum atomic E-state index is 12.2. The highest BCUT2D eigenvalue weighted by Crippen LogP contribution is 2.38. The number of nitrogens with zero attached hydrogens (tertiary/aromatic N) is 2. The van der Waals surface area contributed by atoms with Crippen molar-refractivity contribution < 1.29 is 8.42 Å². The van der Waals surface area contributed by atoms with Gasteiger partial charge in [0, 0.05) is 25.9 Å². The molecule has 94 valence electrons. The molecule has 1 aliphatic rings. The van der Waals surface area contributed by atoms with Crippen molar-refractivity contribution in [2.75, 3.05) is 19.3 Å². The SMILES string of the molecule is CC1CC1CN(C)S(=O)(=O)c1ccnc(N)c1. The fourth-order valence-corrected chi connectivity index (χ4v) is 3.10. The van der Waals surface area contributed by atoms with E-state index in [0.717, 1.165) is 6.42 Å². The predicted molar refractivity (Wildman–Crippen MR) is 65.7 cm³/mol. The average Bonchev–Trinajstić information content (AvgIpc) is 2.94. The van der Waals surface area contributed by atoms with Gasteiger partial charge in [0.15, 0.2) is 0 Å². The van der Waals surface area contributed by atoms with E-state index < -0.39 is 10.0 Å². The molecule has 0 aliphatic heterocycles. The molecule has 0 radical (unpaired) electrons. The van der Waals surface area contributed by atoms with Gasteiger partial charge in [-0.3, -0.25) is 0 Å². The molecule has 1 aliphatic carbocycles. The number of aromatic nitrogens is 1. The molecule has 1 aromatic rings. The molecule has 0 bridgehead atoms. The van der Waals surface area contributed by atoms with Crippen molar-refractivity contribution >= 4 is 15.8 Å². The van der Waals surface area contributed by atoms with Gasteiger partial charge in [-0.15, -0.1) is 0 Å². The Hall–Kier alpha value is -1.14. The van der Waals surface area contributed by atoms with Crippen LogP contribution < -0.4 is 5.73 Å². The average molecular weight is 255 g/mol. The number of pyridine rings is 1. The highest BCUT2D eigenvalue weighted by molar-refractivity contribution is 7.89. The summed E-state index contributed by atoms with van der Waals surface area (Å²) in [5, 5.41) is 0. The van der Waals surface area contributed by atoms with Crippen molar-refractivity contribution in [3.63, 3.8) is 0 Å². The summed E-state index contributed by atoms with van der Waals surface area (Å²) >= 11 is 0. The molecular weight excluding hydrogens is 238 g/mol. The lowest BCUT2D eigenvalue weighted by Gasteiger charge is -2.17. The summed E-state index contributed by atoms with van der Waals surface area (Å²) < 4.78 is 25.8. The largest absolute Gasteiger partial charge is 0.384 e. The Morgan fingerprint density at radius 1 is 1.59 bits per heavy atom. The number of sulfonamides is 1. The minimum atomic E-state index is -3.43. The van der Waals surface area contributed by atoms with Crippen molar-refractivity contribution in [1.82, 2.24) is 9.29 Å². The Morgan fingerprint density at radius 3 is 2.76 bits per heavy atom. The molecule has 0 aromatic carbocycles. The number of hydrogen-bond acceptors (Lipinski definition) is 4. The van der Waals surface area contributed by atoms with Gasteiger partial charge in [0.05, 0.1) is 4.90 Å². The first-order chi connectivity index (χ1) is 7.91. The molecule has 2 rings (SSSR count). The molecule has 2 N–H and O–H groups in total. The molecule has 2 atom stereocenters. The summed E-state index contributed by atoms with van der Waals surface area (Å²) in [6, 6.07) is 2.86. The maximum Gasteiger partial charge on any atom is 0.243 e. The molecule has 0 amide bonds. The zero-order valence-electron chi connectivity index (χ0n) is 10.00. The molecule has 0 spiro atoms. The van der Waals surface area contributed by atoms with Crippen LogP contribution in [0.1, 0.15) is 13.3 Å². The third kappa shape index (κ3) is 2.58. The van der Waals surface area contributed by atoms with Crippen LogP contribution in [-0.4, -0.2) is 31.3 Å². The van der Waals surface area contributed by atoms with Crippen LogP contribution >= 0.6 is 0 Å². The first kappa shape index (κ1) is 12.3. The fraction of sp³-hybridized carbons (Fsp3) is 0.545. The van der Waals surface area contributed by atoms with Crippen LogP contribution in [0.3, 0.4) is 0 Å². The fourth-order valence-electron chi connectivity index (χ4n) is 1.85. The first-order valence-corrected chi connectivity index (χ1v) is 7.03. The molecular formula is C11H17N3O2S. The van der Waals surface area contributed by atoms with Crippen LogP contribution in [0.15, 0.2) is 23.2 Å². The molecule has 2 unspecified atom stereocenters. The van der Waals surface area contributed by atoms with E-state index in [0.29, 0.717) is 18.4 Å². The van der Waals surface area contributed by atoms with Gasteiger partial charge in [-0.05, 0) is 24.3 Å². The van der Waals surface area contributed by atoms with Crippen molar-refractivity contribution in [2.24, 2.45) is 11.8 Å². The third-order valence-electron chi connectivity index (χ3n) is 3.23. The highest BCUT2D eigenvalue weighted by atomic mass is 32.2. The van der Waals surface area contributed by atoms with Crippen LogP contribution in [0.4, 0.5) is 5.82 Å². The Balaban J connectivity index is 2.17. The molecule has 5 nitrogen and oxygen atoms in total. The van der Waals surface area contributed by atoms with E-state index in [1.807, 2.05) is 0 Å². The third-order valence-corrected chi connectivity index (χ3v) is 5.05. The lowest BCUT2D eigenvalue weighted by molar-refractivity contribution is 0.444. The zero-order chi connectivity index (χ0) is 12.6. The quantitative estimate of drug-likeness (QED) is 0.868. The summed E-state index contributed by atoms with van der Waals surface area (Å²) in [6.07, 6.45) is 2.52. The molecule has 1 heterocycles. The Labute approximate surface area is 102 Å². The number of nitrogens with two attached hydrogens (primary N) is 1. The zero-order valence-corrected chi connectivity index (χ0v) is 10.8. The van der Waals surface area contributed by atoms with E-state index in [-0.39, 0.29) is 10.7 Å².